The van der Waals surface area contributed by atoms with Gasteiger partial charge in [-0.25, -0.2) is 0 Å². The van der Waals surface area contributed by atoms with E-state index in [2.05, 4.69) is 29.5 Å². The zero-order chi connectivity index (χ0) is 12.0. The van der Waals surface area contributed by atoms with Crippen molar-refractivity contribution in [2.45, 2.75) is 77.3 Å². The molecule has 0 aromatic rings. The van der Waals surface area contributed by atoms with E-state index in [1.807, 2.05) is 13.8 Å². The molecule has 16 heavy (non-hydrogen) atoms. The molecule has 0 amide bonds. The third kappa shape index (κ3) is 4.88. The van der Waals surface area contributed by atoms with E-state index >= 15 is 0 Å². The van der Waals surface area contributed by atoms with Gasteiger partial charge in [0.15, 0.2) is 5.79 Å². The van der Waals surface area contributed by atoms with Crippen LogP contribution in [0.3, 0.4) is 0 Å². The quantitative estimate of drug-likeness (QED) is 0.391. The Morgan fingerprint density at radius 1 is 1.00 bits per heavy atom. The molecule has 0 unspecified atom stereocenters. The molecule has 1 saturated heterocycles. The molecule has 0 spiro atoms. The average Bonchev–Trinajstić information content (AvgIpc) is 2.53. The largest absolute Gasteiger partial charge is 0.345 e. The van der Waals surface area contributed by atoms with Crippen LogP contribution in [0.1, 0.15) is 59.3 Å². The van der Waals surface area contributed by atoms with Crippen molar-refractivity contribution in [3.63, 3.8) is 0 Å². The highest BCUT2D eigenvalue weighted by Gasteiger charge is 2.39. The molecule has 3 heteroatoms. The topological polar surface area (TPSA) is 18.5 Å². The summed E-state index contributed by atoms with van der Waals surface area (Å²) in [6.45, 7) is 6.29. The number of unbranched alkanes of at least 4 members (excludes halogenated alkanes) is 4. The van der Waals surface area contributed by atoms with Crippen molar-refractivity contribution in [1.29, 1.82) is 0 Å². The summed E-state index contributed by atoms with van der Waals surface area (Å²) < 4.78 is 12.8. The van der Waals surface area contributed by atoms with Gasteiger partial charge in [0, 0.05) is 4.43 Å². The second kappa shape index (κ2) is 7.17. The Hall–Kier alpha value is 0.650. The lowest BCUT2D eigenvalue weighted by Gasteiger charge is -2.16. The van der Waals surface area contributed by atoms with Crippen molar-refractivity contribution in [3.8, 4) is 0 Å². The zero-order valence-corrected chi connectivity index (χ0v) is 13.0. The van der Waals surface area contributed by atoms with Crippen molar-refractivity contribution in [1.82, 2.24) is 0 Å². The van der Waals surface area contributed by atoms with Crippen molar-refractivity contribution in [3.05, 3.63) is 0 Å². The lowest BCUT2D eigenvalue weighted by molar-refractivity contribution is -0.144. The normalized spacial score (nSPS) is 28.5. The van der Waals surface area contributed by atoms with Crippen LogP contribution in [0.2, 0.25) is 0 Å². The number of hydrogen-bond acceptors (Lipinski definition) is 2. The fraction of sp³-hybridized carbons (Fsp3) is 1.00. The maximum absolute atomic E-state index is 5.93. The molecule has 1 aliphatic heterocycles. The molecule has 0 radical (unpaired) electrons. The minimum absolute atomic E-state index is 0.293. The van der Waals surface area contributed by atoms with Crippen molar-refractivity contribution in [2.75, 3.05) is 4.43 Å². The van der Waals surface area contributed by atoms with Crippen LogP contribution in [0.5, 0.6) is 0 Å². The van der Waals surface area contributed by atoms with Crippen molar-refractivity contribution < 1.29 is 9.47 Å². The summed E-state index contributed by atoms with van der Waals surface area (Å²) in [6, 6.07) is 0. The second-order valence-corrected chi connectivity index (χ2v) is 5.95. The van der Waals surface area contributed by atoms with Gasteiger partial charge in [0.1, 0.15) is 0 Å². The summed E-state index contributed by atoms with van der Waals surface area (Å²) in [6.07, 6.45) is 8.41. The number of hydrogen-bond donors (Lipinski definition) is 0. The molecule has 0 N–H and O–H groups in total. The van der Waals surface area contributed by atoms with Gasteiger partial charge < -0.3 is 9.47 Å². The van der Waals surface area contributed by atoms with Crippen molar-refractivity contribution in [2.24, 2.45) is 0 Å². The van der Waals surface area contributed by atoms with Crippen LogP contribution in [-0.4, -0.2) is 22.4 Å². The number of ether oxygens (including phenoxy) is 2. The summed E-state index contributed by atoms with van der Waals surface area (Å²) >= 11 is 2.39. The first-order chi connectivity index (χ1) is 7.59. The highest BCUT2D eigenvalue weighted by atomic mass is 127. The van der Waals surface area contributed by atoms with Gasteiger partial charge in [-0.3, -0.25) is 0 Å². The van der Waals surface area contributed by atoms with Gasteiger partial charge in [0.25, 0.3) is 0 Å². The first-order valence-corrected chi connectivity index (χ1v) is 8.03. The molecule has 1 fully saturated rings. The summed E-state index contributed by atoms with van der Waals surface area (Å²) in [5.41, 5.74) is 0. The van der Waals surface area contributed by atoms with Crippen LogP contribution in [0, 0.1) is 0 Å². The minimum Gasteiger partial charge on any atom is -0.345 e. The standard InChI is InChI=1S/C13H25IO2/c1-4-5-6-7-8-9-11-12(10-14)16-13(2,3)15-11/h11-12H,4-10H2,1-3H3/t11-,12-/m1/s1. The fourth-order valence-corrected chi connectivity index (χ4v) is 2.98. The molecule has 0 bridgehead atoms. The summed E-state index contributed by atoms with van der Waals surface area (Å²) in [4.78, 5) is 0. The molecule has 2 atom stereocenters. The van der Waals surface area contributed by atoms with Crippen LogP contribution in [0.15, 0.2) is 0 Å². The maximum atomic E-state index is 5.93. The average molecular weight is 340 g/mol. The van der Waals surface area contributed by atoms with Gasteiger partial charge in [-0.15, -0.1) is 0 Å². The van der Waals surface area contributed by atoms with E-state index in [1.165, 1.54) is 32.1 Å². The van der Waals surface area contributed by atoms with Crippen LogP contribution in [0.25, 0.3) is 0 Å². The molecule has 96 valence electrons. The number of halogens is 1. The molecule has 0 aromatic carbocycles. The Labute approximate surface area is 114 Å². The first kappa shape index (κ1) is 14.7. The van der Waals surface area contributed by atoms with Crippen molar-refractivity contribution >= 4 is 22.6 Å². The predicted octanol–water partition coefficient (Wildman–Crippen LogP) is 4.30. The molecular weight excluding hydrogens is 315 g/mol. The van der Waals surface area contributed by atoms with Gasteiger partial charge in [-0.05, 0) is 20.3 Å². The Morgan fingerprint density at radius 3 is 2.25 bits per heavy atom. The molecule has 1 rings (SSSR count). The third-order valence-corrected chi connectivity index (χ3v) is 3.90. The molecule has 0 aromatic heterocycles. The van der Waals surface area contributed by atoms with E-state index in [0.717, 1.165) is 10.8 Å². The Balaban J connectivity index is 2.20. The molecule has 0 aliphatic carbocycles. The van der Waals surface area contributed by atoms with Crippen LogP contribution in [-0.2, 0) is 9.47 Å². The van der Waals surface area contributed by atoms with Crippen LogP contribution in [0.4, 0.5) is 0 Å². The highest BCUT2D eigenvalue weighted by molar-refractivity contribution is 14.1. The molecule has 2 nitrogen and oxygen atoms in total. The summed E-state index contributed by atoms with van der Waals surface area (Å²) in [5, 5.41) is 0. The lowest BCUT2D eigenvalue weighted by atomic mass is 10.1. The Bertz CT molecular complexity index is 194. The minimum atomic E-state index is -0.371. The molecule has 1 aliphatic rings. The number of alkyl halides is 1. The van der Waals surface area contributed by atoms with E-state index in [9.17, 15) is 0 Å². The maximum Gasteiger partial charge on any atom is 0.163 e. The van der Waals surface area contributed by atoms with Gasteiger partial charge in [0.05, 0.1) is 12.2 Å². The van der Waals surface area contributed by atoms with E-state index in [-0.39, 0.29) is 5.79 Å². The molecule has 0 saturated carbocycles. The molecule has 1 heterocycles. The van der Waals surface area contributed by atoms with E-state index < -0.39 is 0 Å². The summed E-state index contributed by atoms with van der Waals surface area (Å²) in [7, 11) is 0. The smallest absolute Gasteiger partial charge is 0.163 e. The van der Waals surface area contributed by atoms with Crippen LogP contribution >= 0.6 is 22.6 Å². The van der Waals surface area contributed by atoms with Gasteiger partial charge in [-0.1, -0.05) is 61.6 Å². The van der Waals surface area contributed by atoms with E-state index in [0.29, 0.717) is 12.2 Å². The number of rotatable bonds is 7. The predicted molar refractivity (Wildman–Crippen MR) is 76.1 cm³/mol. The van der Waals surface area contributed by atoms with Crippen LogP contribution < -0.4 is 0 Å². The lowest BCUT2D eigenvalue weighted by Crippen LogP contribution is -2.23. The van der Waals surface area contributed by atoms with Gasteiger partial charge in [0.2, 0.25) is 0 Å². The monoisotopic (exact) mass is 340 g/mol. The van der Waals surface area contributed by atoms with Gasteiger partial charge >= 0.3 is 0 Å². The van der Waals surface area contributed by atoms with E-state index in [4.69, 9.17) is 9.47 Å². The van der Waals surface area contributed by atoms with Gasteiger partial charge in [-0.2, -0.15) is 0 Å². The SMILES string of the molecule is CCCCCCC[C@H]1OC(C)(C)O[C@@H]1CI. The summed E-state index contributed by atoms with van der Waals surface area (Å²) in [5.74, 6) is -0.371. The second-order valence-electron chi connectivity index (χ2n) is 5.07. The van der Waals surface area contributed by atoms with E-state index in [1.54, 1.807) is 0 Å². The third-order valence-electron chi connectivity index (χ3n) is 3.03. The molecular formula is C13H25IO2. The Kier molecular flexibility index (Phi) is 6.59. The first-order valence-electron chi connectivity index (χ1n) is 6.50. The fourth-order valence-electron chi connectivity index (χ4n) is 2.23. The highest BCUT2D eigenvalue weighted by Crippen LogP contribution is 2.31. The zero-order valence-electron chi connectivity index (χ0n) is 10.8. The Morgan fingerprint density at radius 2 is 1.62 bits per heavy atom.